The van der Waals surface area contributed by atoms with E-state index in [9.17, 15) is 4.79 Å². The number of pyridine rings is 1. The van der Waals surface area contributed by atoms with Gasteiger partial charge in [0.25, 0.3) is 5.91 Å². The monoisotopic (exact) mass is 297 g/mol. The number of carbonyl (C=O) groups is 1. The summed E-state index contributed by atoms with van der Waals surface area (Å²) in [7, 11) is 4.11. The highest BCUT2D eigenvalue weighted by Crippen LogP contribution is 2.17. The van der Waals surface area contributed by atoms with Gasteiger partial charge >= 0.3 is 0 Å². The smallest absolute Gasteiger partial charge is 0.255 e. The average molecular weight is 298 g/mol. The maximum atomic E-state index is 12.2. The van der Waals surface area contributed by atoms with Crippen molar-refractivity contribution in [2.45, 2.75) is 12.5 Å². The van der Waals surface area contributed by atoms with Gasteiger partial charge in [0, 0.05) is 36.0 Å². The predicted octanol–water partition coefficient (Wildman–Crippen LogP) is 1.62. The normalized spacial score (nSPS) is 20.0. The second-order valence-electron chi connectivity index (χ2n) is 4.55. The highest BCUT2D eigenvalue weighted by Gasteiger charge is 2.28. The molecule has 92 valence electrons. The number of hydrogen-bond acceptors (Lipinski definition) is 3. The van der Waals surface area contributed by atoms with Crippen molar-refractivity contribution in [2.24, 2.45) is 0 Å². The number of rotatable bonds is 2. The molecule has 0 N–H and O–H groups in total. The van der Waals surface area contributed by atoms with Gasteiger partial charge in [0.1, 0.15) is 0 Å². The van der Waals surface area contributed by atoms with Crippen LogP contribution in [0.25, 0.3) is 0 Å². The van der Waals surface area contributed by atoms with Crippen molar-refractivity contribution in [1.82, 2.24) is 14.8 Å². The molecule has 0 bridgehead atoms. The van der Waals surface area contributed by atoms with Crippen molar-refractivity contribution in [3.8, 4) is 0 Å². The van der Waals surface area contributed by atoms with Crippen LogP contribution in [-0.4, -0.2) is 53.9 Å². The van der Waals surface area contributed by atoms with Gasteiger partial charge in [-0.3, -0.25) is 9.78 Å². The molecule has 4 nitrogen and oxygen atoms in total. The van der Waals surface area contributed by atoms with Crippen LogP contribution >= 0.6 is 15.9 Å². The zero-order valence-corrected chi connectivity index (χ0v) is 11.6. The van der Waals surface area contributed by atoms with Gasteiger partial charge in [-0.25, -0.2) is 0 Å². The maximum Gasteiger partial charge on any atom is 0.255 e. The van der Waals surface area contributed by atoms with E-state index < -0.39 is 0 Å². The number of amides is 1. The molecule has 0 unspecified atom stereocenters. The van der Waals surface area contributed by atoms with E-state index in [2.05, 4.69) is 39.9 Å². The van der Waals surface area contributed by atoms with Crippen molar-refractivity contribution in [1.29, 1.82) is 0 Å². The van der Waals surface area contributed by atoms with Gasteiger partial charge in [-0.2, -0.15) is 0 Å². The van der Waals surface area contributed by atoms with Gasteiger partial charge in [0.15, 0.2) is 0 Å². The molecule has 1 fully saturated rings. The summed E-state index contributed by atoms with van der Waals surface area (Å²) >= 11 is 3.33. The van der Waals surface area contributed by atoms with E-state index in [-0.39, 0.29) is 5.91 Å². The molecule has 1 saturated heterocycles. The molecule has 0 saturated carbocycles. The van der Waals surface area contributed by atoms with E-state index >= 15 is 0 Å². The first-order valence-corrected chi connectivity index (χ1v) is 6.43. The van der Waals surface area contributed by atoms with Crippen LogP contribution in [0.4, 0.5) is 0 Å². The molecule has 2 heterocycles. The SMILES string of the molecule is CN(C)[C@@H]1CCN(C(=O)c2cncc(Br)c2)C1. The third kappa shape index (κ3) is 2.84. The number of nitrogens with zero attached hydrogens (tertiary/aromatic N) is 3. The van der Waals surface area contributed by atoms with Gasteiger partial charge in [0.05, 0.1) is 5.56 Å². The third-order valence-electron chi connectivity index (χ3n) is 3.13. The third-order valence-corrected chi connectivity index (χ3v) is 3.57. The number of halogens is 1. The molecule has 1 atom stereocenters. The standard InChI is InChI=1S/C12H16BrN3O/c1-15(2)11-3-4-16(8-11)12(17)9-5-10(13)7-14-6-9/h5-7,11H,3-4,8H2,1-2H3/t11-/m1/s1. The first-order valence-electron chi connectivity index (χ1n) is 5.64. The second-order valence-corrected chi connectivity index (χ2v) is 5.46. The van der Waals surface area contributed by atoms with Gasteiger partial charge < -0.3 is 9.80 Å². The van der Waals surface area contributed by atoms with Crippen LogP contribution in [0.1, 0.15) is 16.8 Å². The lowest BCUT2D eigenvalue weighted by Crippen LogP contribution is -2.34. The molecule has 2 rings (SSSR count). The number of hydrogen-bond donors (Lipinski definition) is 0. The molecule has 1 aromatic rings. The highest BCUT2D eigenvalue weighted by molar-refractivity contribution is 9.10. The minimum absolute atomic E-state index is 0.0724. The summed E-state index contributed by atoms with van der Waals surface area (Å²) in [4.78, 5) is 20.3. The highest BCUT2D eigenvalue weighted by atomic mass is 79.9. The number of carbonyl (C=O) groups excluding carboxylic acids is 1. The Bertz CT molecular complexity index is 422. The molecule has 1 aliphatic heterocycles. The molecule has 0 radical (unpaired) electrons. The Hall–Kier alpha value is -0.940. The molecule has 1 amide bonds. The predicted molar refractivity (Wildman–Crippen MR) is 69.9 cm³/mol. The van der Waals surface area contributed by atoms with Crippen LogP contribution in [0.3, 0.4) is 0 Å². The van der Waals surface area contributed by atoms with Crippen molar-refractivity contribution in [3.63, 3.8) is 0 Å². The second kappa shape index (κ2) is 5.14. The van der Waals surface area contributed by atoms with E-state index in [1.807, 2.05) is 11.0 Å². The van der Waals surface area contributed by atoms with E-state index in [4.69, 9.17) is 0 Å². The Labute approximate surface area is 110 Å². The Kier molecular flexibility index (Phi) is 3.79. The van der Waals surface area contributed by atoms with E-state index in [0.717, 1.165) is 24.0 Å². The summed E-state index contributed by atoms with van der Waals surface area (Å²) in [6.07, 6.45) is 4.35. The largest absolute Gasteiger partial charge is 0.337 e. The summed E-state index contributed by atoms with van der Waals surface area (Å²) in [5, 5.41) is 0. The van der Waals surface area contributed by atoms with Crippen molar-refractivity contribution < 1.29 is 4.79 Å². The molecule has 1 aliphatic rings. The zero-order chi connectivity index (χ0) is 12.4. The Morgan fingerprint density at radius 1 is 1.53 bits per heavy atom. The minimum Gasteiger partial charge on any atom is -0.337 e. The van der Waals surface area contributed by atoms with Crippen LogP contribution in [0.5, 0.6) is 0 Å². The molecule has 1 aromatic heterocycles. The fourth-order valence-corrected chi connectivity index (χ4v) is 2.42. The molecule has 0 aliphatic carbocycles. The lowest BCUT2D eigenvalue weighted by atomic mass is 10.2. The van der Waals surface area contributed by atoms with Crippen LogP contribution in [-0.2, 0) is 0 Å². The topological polar surface area (TPSA) is 36.4 Å². The Morgan fingerprint density at radius 3 is 2.88 bits per heavy atom. The molecular weight excluding hydrogens is 282 g/mol. The quantitative estimate of drug-likeness (QED) is 0.832. The Balaban J connectivity index is 2.07. The first kappa shape index (κ1) is 12.5. The number of likely N-dealkylation sites (N-methyl/N-ethyl adjacent to an activating group) is 1. The molecular formula is C12H16BrN3O. The molecule has 17 heavy (non-hydrogen) atoms. The average Bonchev–Trinajstić information content (AvgIpc) is 2.77. The number of likely N-dealkylation sites (tertiary alicyclic amines) is 1. The molecule has 0 spiro atoms. The summed E-state index contributed by atoms with van der Waals surface area (Å²) < 4.78 is 0.840. The van der Waals surface area contributed by atoms with Gasteiger partial charge in [-0.05, 0) is 42.5 Å². The van der Waals surface area contributed by atoms with E-state index in [1.54, 1.807) is 12.4 Å². The van der Waals surface area contributed by atoms with Crippen LogP contribution in [0.2, 0.25) is 0 Å². The van der Waals surface area contributed by atoms with Gasteiger partial charge in [-0.15, -0.1) is 0 Å². The van der Waals surface area contributed by atoms with E-state index in [0.29, 0.717) is 11.6 Å². The minimum atomic E-state index is 0.0724. The lowest BCUT2D eigenvalue weighted by Gasteiger charge is -2.20. The molecule has 5 heteroatoms. The summed E-state index contributed by atoms with van der Waals surface area (Å²) in [5.74, 6) is 0.0724. The maximum absolute atomic E-state index is 12.2. The van der Waals surface area contributed by atoms with Crippen LogP contribution in [0.15, 0.2) is 22.9 Å². The lowest BCUT2D eigenvalue weighted by molar-refractivity contribution is 0.0782. The number of aromatic nitrogens is 1. The van der Waals surface area contributed by atoms with E-state index in [1.165, 1.54) is 0 Å². The summed E-state index contributed by atoms with van der Waals surface area (Å²) in [6.45, 7) is 1.63. The Morgan fingerprint density at radius 2 is 2.29 bits per heavy atom. The summed E-state index contributed by atoms with van der Waals surface area (Å²) in [5.41, 5.74) is 0.652. The van der Waals surface area contributed by atoms with Crippen LogP contribution < -0.4 is 0 Å². The summed E-state index contributed by atoms with van der Waals surface area (Å²) in [6, 6.07) is 2.29. The van der Waals surface area contributed by atoms with Crippen molar-refractivity contribution in [3.05, 3.63) is 28.5 Å². The van der Waals surface area contributed by atoms with Crippen molar-refractivity contribution >= 4 is 21.8 Å². The fraction of sp³-hybridized carbons (Fsp3) is 0.500. The van der Waals surface area contributed by atoms with Gasteiger partial charge in [0.2, 0.25) is 0 Å². The fourth-order valence-electron chi connectivity index (χ4n) is 2.06. The van der Waals surface area contributed by atoms with Crippen LogP contribution in [0, 0.1) is 0 Å². The van der Waals surface area contributed by atoms with Crippen molar-refractivity contribution in [2.75, 3.05) is 27.2 Å². The zero-order valence-electron chi connectivity index (χ0n) is 10.1. The molecule has 0 aromatic carbocycles. The van der Waals surface area contributed by atoms with Gasteiger partial charge in [-0.1, -0.05) is 0 Å². The first-order chi connectivity index (χ1) is 8.08.